The molecule has 106 valence electrons. The highest BCUT2D eigenvalue weighted by atomic mass is 16.5. The zero-order valence-corrected chi connectivity index (χ0v) is 11.4. The number of rotatable bonds is 9. The number of carbonyl (C=O) groups excluding carboxylic acids is 1. The predicted octanol–water partition coefficient (Wildman–Crippen LogP) is 0.357. The molecule has 0 aliphatic rings. The fourth-order valence-corrected chi connectivity index (χ4v) is 1.33. The summed E-state index contributed by atoms with van der Waals surface area (Å²) >= 11 is 0. The van der Waals surface area contributed by atoms with Gasteiger partial charge in [0.05, 0.1) is 6.04 Å². The molecule has 0 bridgehead atoms. The quantitative estimate of drug-likeness (QED) is 0.555. The molecule has 0 saturated heterocycles. The monoisotopic (exact) mass is 260 g/mol. The number of nitrogens with two attached hydrogens (primary N) is 1. The van der Waals surface area contributed by atoms with E-state index in [4.69, 9.17) is 15.6 Å². The van der Waals surface area contributed by atoms with Crippen molar-refractivity contribution in [3.63, 3.8) is 0 Å². The largest absolute Gasteiger partial charge is 0.481 e. The van der Waals surface area contributed by atoms with Gasteiger partial charge < -0.3 is 20.9 Å². The predicted molar refractivity (Wildman–Crippen MR) is 68.1 cm³/mol. The molecule has 1 unspecified atom stereocenters. The summed E-state index contributed by atoms with van der Waals surface area (Å²) in [6, 6.07) is -0.765. The molecule has 0 aromatic carbocycles. The van der Waals surface area contributed by atoms with Crippen LogP contribution in [0.5, 0.6) is 0 Å². The minimum absolute atomic E-state index is 0.0712. The van der Waals surface area contributed by atoms with E-state index in [1.54, 1.807) is 7.11 Å². The maximum absolute atomic E-state index is 11.6. The maximum atomic E-state index is 11.6. The van der Waals surface area contributed by atoms with E-state index in [-0.39, 0.29) is 24.2 Å². The molecule has 0 spiro atoms. The van der Waals surface area contributed by atoms with Crippen LogP contribution in [0.15, 0.2) is 0 Å². The lowest BCUT2D eigenvalue weighted by atomic mass is 9.89. The van der Waals surface area contributed by atoms with Crippen LogP contribution in [0.1, 0.15) is 33.1 Å². The van der Waals surface area contributed by atoms with E-state index in [9.17, 15) is 9.59 Å². The minimum atomic E-state index is -0.946. The topological polar surface area (TPSA) is 102 Å². The molecular formula is C12H24N2O4. The molecule has 0 radical (unpaired) electrons. The van der Waals surface area contributed by atoms with Crippen LogP contribution in [0.4, 0.5) is 0 Å². The second-order valence-corrected chi connectivity index (χ2v) is 5.16. The van der Waals surface area contributed by atoms with E-state index in [0.29, 0.717) is 13.2 Å². The van der Waals surface area contributed by atoms with Gasteiger partial charge in [-0.15, -0.1) is 0 Å². The molecule has 0 fully saturated rings. The smallest absolute Gasteiger partial charge is 0.303 e. The third-order valence-corrected chi connectivity index (χ3v) is 2.73. The van der Waals surface area contributed by atoms with Crippen molar-refractivity contribution < 1.29 is 19.4 Å². The molecule has 0 heterocycles. The number of aliphatic carboxylic acids is 1. The number of amides is 1. The molecule has 6 heteroatoms. The van der Waals surface area contributed by atoms with Crippen LogP contribution in [-0.4, -0.2) is 43.3 Å². The van der Waals surface area contributed by atoms with E-state index < -0.39 is 12.0 Å². The summed E-state index contributed by atoms with van der Waals surface area (Å²) in [7, 11) is 1.64. The van der Waals surface area contributed by atoms with Gasteiger partial charge in [-0.25, -0.2) is 0 Å². The molecule has 0 saturated carbocycles. The Balaban J connectivity index is 3.97. The second kappa shape index (κ2) is 8.05. The molecular weight excluding hydrogens is 236 g/mol. The average Bonchev–Trinajstić information content (AvgIpc) is 2.30. The van der Waals surface area contributed by atoms with Gasteiger partial charge >= 0.3 is 5.97 Å². The summed E-state index contributed by atoms with van der Waals surface area (Å²) in [5.41, 5.74) is 5.52. The van der Waals surface area contributed by atoms with Crippen molar-refractivity contribution in [2.45, 2.75) is 39.2 Å². The van der Waals surface area contributed by atoms with Gasteiger partial charge in [0, 0.05) is 26.7 Å². The molecule has 1 amide bonds. The summed E-state index contributed by atoms with van der Waals surface area (Å²) in [4.78, 5) is 22.0. The zero-order chi connectivity index (χ0) is 14.2. The average molecular weight is 260 g/mol. The van der Waals surface area contributed by atoms with Gasteiger partial charge in [0.15, 0.2) is 0 Å². The van der Waals surface area contributed by atoms with Crippen LogP contribution < -0.4 is 11.1 Å². The Morgan fingerprint density at radius 2 is 2.06 bits per heavy atom. The summed E-state index contributed by atoms with van der Waals surface area (Å²) in [6.07, 6.45) is 0.884. The van der Waals surface area contributed by atoms with Crippen molar-refractivity contribution in [3.05, 3.63) is 0 Å². The second-order valence-electron chi connectivity index (χ2n) is 5.16. The molecule has 0 aliphatic carbocycles. The Morgan fingerprint density at radius 1 is 1.44 bits per heavy atom. The highest BCUT2D eigenvalue weighted by Crippen LogP contribution is 2.18. The van der Waals surface area contributed by atoms with Gasteiger partial charge in [-0.3, -0.25) is 9.59 Å². The van der Waals surface area contributed by atoms with Gasteiger partial charge in [-0.05, 0) is 18.3 Å². The first-order valence-electron chi connectivity index (χ1n) is 6.02. The van der Waals surface area contributed by atoms with Crippen LogP contribution in [0, 0.1) is 5.41 Å². The van der Waals surface area contributed by atoms with E-state index in [2.05, 4.69) is 5.32 Å². The molecule has 18 heavy (non-hydrogen) atoms. The number of carboxylic acids is 1. The molecule has 1 atom stereocenters. The van der Waals surface area contributed by atoms with E-state index in [0.717, 1.165) is 6.42 Å². The van der Waals surface area contributed by atoms with Gasteiger partial charge in [-0.2, -0.15) is 0 Å². The Bertz CT molecular complexity index is 279. The number of carbonyl (C=O) groups is 2. The first kappa shape index (κ1) is 16.9. The molecule has 0 aliphatic heterocycles. The lowest BCUT2D eigenvalue weighted by molar-refractivity contribution is -0.137. The molecule has 0 rings (SSSR count). The molecule has 0 aromatic heterocycles. The van der Waals surface area contributed by atoms with E-state index in [1.807, 2.05) is 13.8 Å². The lowest BCUT2D eigenvalue weighted by Crippen LogP contribution is -2.44. The highest BCUT2D eigenvalue weighted by molar-refractivity contribution is 5.82. The van der Waals surface area contributed by atoms with Crippen LogP contribution in [0.3, 0.4) is 0 Å². The van der Waals surface area contributed by atoms with E-state index in [1.165, 1.54) is 0 Å². The summed E-state index contributed by atoms with van der Waals surface area (Å²) in [5.74, 6) is -1.25. The zero-order valence-electron chi connectivity index (χ0n) is 11.4. The van der Waals surface area contributed by atoms with Crippen molar-refractivity contribution in [2.24, 2.45) is 11.1 Å². The first-order valence-corrected chi connectivity index (χ1v) is 6.02. The molecule has 0 aromatic rings. The van der Waals surface area contributed by atoms with Crippen molar-refractivity contribution in [1.82, 2.24) is 5.32 Å². The molecule has 6 nitrogen and oxygen atoms in total. The lowest BCUT2D eigenvalue weighted by Gasteiger charge is -2.25. The van der Waals surface area contributed by atoms with Crippen LogP contribution >= 0.6 is 0 Å². The maximum Gasteiger partial charge on any atom is 0.303 e. The van der Waals surface area contributed by atoms with Gasteiger partial charge in [-0.1, -0.05) is 13.8 Å². The SMILES string of the molecule is COCCC(C)(C)CNC(=O)C(N)CCC(=O)O. The van der Waals surface area contributed by atoms with Crippen molar-refractivity contribution in [1.29, 1.82) is 0 Å². The van der Waals surface area contributed by atoms with Gasteiger partial charge in [0.1, 0.15) is 0 Å². The van der Waals surface area contributed by atoms with Crippen LogP contribution in [0.25, 0.3) is 0 Å². The number of hydrogen-bond donors (Lipinski definition) is 3. The van der Waals surface area contributed by atoms with Crippen molar-refractivity contribution in [3.8, 4) is 0 Å². The van der Waals surface area contributed by atoms with Crippen molar-refractivity contribution in [2.75, 3.05) is 20.3 Å². The van der Waals surface area contributed by atoms with Crippen molar-refractivity contribution >= 4 is 11.9 Å². The van der Waals surface area contributed by atoms with Gasteiger partial charge in [0.25, 0.3) is 0 Å². The fraction of sp³-hybridized carbons (Fsp3) is 0.833. The number of ether oxygens (including phenoxy) is 1. The Labute approximate surface area is 108 Å². The third kappa shape index (κ3) is 8.03. The molecule has 4 N–H and O–H groups in total. The Kier molecular flexibility index (Phi) is 7.54. The normalized spacial score (nSPS) is 13.1. The highest BCUT2D eigenvalue weighted by Gasteiger charge is 2.21. The number of nitrogens with one attached hydrogen (secondary N) is 1. The van der Waals surface area contributed by atoms with Gasteiger partial charge in [0.2, 0.25) is 5.91 Å². The number of methoxy groups -OCH3 is 1. The first-order chi connectivity index (χ1) is 8.28. The van der Waals surface area contributed by atoms with Crippen LogP contribution in [0.2, 0.25) is 0 Å². The van der Waals surface area contributed by atoms with Crippen LogP contribution in [-0.2, 0) is 14.3 Å². The standard InChI is InChI=1S/C12H24N2O4/c1-12(2,6-7-18-3)8-14-11(17)9(13)4-5-10(15)16/h9H,4-8,13H2,1-3H3,(H,14,17)(H,15,16). The third-order valence-electron chi connectivity index (χ3n) is 2.73. The summed E-state index contributed by atoms with van der Waals surface area (Å²) in [6.45, 7) is 5.17. The summed E-state index contributed by atoms with van der Waals surface area (Å²) in [5, 5.41) is 11.2. The Morgan fingerprint density at radius 3 is 2.56 bits per heavy atom. The minimum Gasteiger partial charge on any atom is -0.481 e. The summed E-state index contributed by atoms with van der Waals surface area (Å²) < 4.78 is 4.99. The number of hydrogen-bond acceptors (Lipinski definition) is 4. The number of carboxylic acid groups (broad SMARTS) is 1. The fourth-order valence-electron chi connectivity index (χ4n) is 1.33. The van der Waals surface area contributed by atoms with E-state index >= 15 is 0 Å². The Hall–Kier alpha value is -1.14.